The summed E-state index contributed by atoms with van der Waals surface area (Å²) in [7, 11) is 0. The first-order valence-corrected chi connectivity index (χ1v) is 8.19. The molecule has 0 aliphatic heterocycles. The minimum atomic E-state index is -0.269. The van der Waals surface area contributed by atoms with E-state index in [1.807, 2.05) is 32.0 Å². The number of anilines is 2. The van der Waals surface area contributed by atoms with Gasteiger partial charge >= 0.3 is 0 Å². The van der Waals surface area contributed by atoms with Gasteiger partial charge in [0.15, 0.2) is 5.11 Å². The van der Waals surface area contributed by atoms with E-state index in [4.69, 9.17) is 12.2 Å². The molecule has 0 aliphatic carbocycles. The quantitative estimate of drug-likeness (QED) is 0.696. The molecule has 2 N–H and O–H groups in total. The lowest BCUT2D eigenvalue weighted by molar-refractivity contribution is 0.619. The number of hydrogen-bond donors (Lipinski definition) is 2. The molecule has 1 aromatic heterocycles. The molecule has 0 aliphatic rings. The van der Waals surface area contributed by atoms with E-state index in [1.54, 1.807) is 17.1 Å². The molecule has 0 atom stereocenters. The first-order valence-electron chi connectivity index (χ1n) is 7.79. The standard InChI is InChI=1S/C18H18FN5S/c1-12-6-7-16(13(2)8-12)21-18(25)22-17-20-11-24(23-17)10-14-4-3-5-15(19)9-14/h3-9,11H,10H2,1-2H3,(H2,21,22,23,25). The largest absolute Gasteiger partial charge is 0.332 e. The molecule has 1 heterocycles. The number of aryl methyl sites for hydroxylation is 2. The number of nitrogens with one attached hydrogen (secondary N) is 2. The maximum Gasteiger partial charge on any atom is 0.248 e. The van der Waals surface area contributed by atoms with E-state index in [-0.39, 0.29) is 5.82 Å². The molecule has 3 aromatic rings. The normalized spacial score (nSPS) is 10.5. The Kier molecular flexibility index (Phi) is 5.04. The van der Waals surface area contributed by atoms with Crippen LogP contribution in [0.15, 0.2) is 48.8 Å². The van der Waals surface area contributed by atoms with Crippen LogP contribution in [0, 0.1) is 19.7 Å². The molecule has 0 spiro atoms. The van der Waals surface area contributed by atoms with E-state index in [2.05, 4.69) is 26.8 Å². The number of halogens is 1. The van der Waals surface area contributed by atoms with Crippen LogP contribution in [0.2, 0.25) is 0 Å². The third-order valence-corrected chi connectivity index (χ3v) is 3.83. The van der Waals surface area contributed by atoms with Crippen molar-refractivity contribution in [1.29, 1.82) is 0 Å². The summed E-state index contributed by atoms with van der Waals surface area (Å²) in [5.74, 6) is 0.119. The zero-order valence-corrected chi connectivity index (χ0v) is 14.8. The topological polar surface area (TPSA) is 54.8 Å². The third kappa shape index (κ3) is 4.60. The van der Waals surface area contributed by atoms with Gasteiger partial charge in [0.05, 0.1) is 6.54 Å². The van der Waals surface area contributed by atoms with Gasteiger partial charge < -0.3 is 5.32 Å². The average molecular weight is 355 g/mol. The van der Waals surface area contributed by atoms with Crippen LogP contribution in [-0.2, 0) is 6.54 Å². The highest BCUT2D eigenvalue weighted by Crippen LogP contribution is 2.16. The Labute approximate surface area is 150 Å². The molecule has 0 saturated heterocycles. The Hall–Kier alpha value is -2.80. The summed E-state index contributed by atoms with van der Waals surface area (Å²) in [6.07, 6.45) is 1.58. The Bertz CT molecular complexity index is 906. The lowest BCUT2D eigenvalue weighted by Gasteiger charge is -2.11. The molecular formula is C18H18FN5S. The van der Waals surface area contributed by atoms with E-state index in [0.717, 1.165) is 16.8 Å². The smallest absolute Gasteiger partial charge is 0.248 e. The number of hydrogen-bond acceptors (Lipinski definition) is 3. The zero-order chi connectivity index (χ0) is 17.8. The van der Waals surface area contributed by atoms with Gasteiger partial charge in [0.1, 0.15) is 12.1 Å². The van der Waals surface area contributed by atoms with Crippen LogP contribution in [0.4, 0.5) is 16.0 Å². The summed E-state index contributed by atoms with van der Waals surface area (Å²) in [5, 5.41) is 10.8. The molecule has 0 radical (unpaired) electrons. The highest BCUT2D eigenvalue weighted by atomic mass is 32.1. The molecule has 128 valence electrons. The van der Waals surface area contributed by atoms with Crippen LogP contribution < -0.4 is 10.6 Å². The van der Waals surface area contributed by atoms with Gasteiger partial charge in [-0.2, -0.15) is 0 Å². The molecule has 7 heteroatoms. The van der Waals surface area contributed by atoms with Crippen LogP contribution in [0.3, 0.4) is 0 Å². The summed E-state index contributed by atoms with van der Waals surface area (Å²) in [5.41, 5.74) is 4.04. The monoisotopic (exact) mass is 355 g/mol. The molecule has 3 rings (SSSR count). The number of nitrogens with zero attached hydrogens (tertiary/aromatic N) is 3. The van der Waals surface area contributed by atoms with Gasteiger partial charge in [-0.3, -0.25) is 5.32 Å². The Morgan fingerprint density at radius 1 is 1.16 bits per heavy atom. The molecule has 0 saturated carbocycles. The van der Waals surface area contributed by atoms with Gasteiger partial charge in [0.2, 0.25) is 5.95 Å². The maximum absolute atomic E-state index is 13.2. The third-order valence-electron chi connectivity index (χ3n) is 3.63. The van der Waals surface area contributed by atoms with E-state index >= 15 is 0 Å². The fourth-order valence-electron chi connectivity index (χ4n) is 2.46. The van der Waals surface area contributed by atoms with Gasteiger partial charge in [0, 0.05) is 5.69 Å². The van der Waals surface area contributed by atoms with Crippen molar-refractivity contribution in [1.82, 2.24) is 14.8 Å². The van der Waals surface area contributed by atoms with Crippen molar-refractivity contribution in [2.24, 2.45) is 0 Å². The molecule has 0 unspecified atom stereocenters. The van der Waals surface area contributed by atoms with Crippen molar-refractivity contribution in [2.75, 3.05) is 10.6 Å². The van der Waals surface area contributed by atoms with Crippen molar-refractivity contribution in [3.05, 3.63) is 71.3 Å². The minimum Gasteiger partial charge on any atom is -0.332 e. The van der Waals surface area contributed by atoms with Crippen molar-refractivity contribution in [3.63, 3.8) is 0 Å². The number of benzene rings is 2. The summed E-state index contributed by atoms with van der Waals surface area (Å²) in [6.45, 7) is 4.50. The van der Waals surface area contributed by atoms with Gasteiger partial charge in [0.25, 0.3) is 0 Å². The van der Waals surface area contributed by atoms with E-state index in [9.17, 15) is 4.39 Å². The molecule has 5 nitrogen and oxygen atoms in total. The first-order chi connectivity index (χ1) is 12.0. The lowest BCUT2D eigenvalue weighted by atomic mass is 10.1. The number of aromatic nitrogens is 3. The Morgan fingerprint density at radius 2 is 2.00 bits per heavy atom. The van der Waals surface area contributed by atoms with Crippen molar-refractivity contribution < 1.29 is 4.39 Å². The summed E-state index contributed by atoms with van der Waals surface area (Å²) >= 11 is 5.31. The van der Waals surface area contributed by atoms with Crippen LogP contribution in [0.1, 0.15) is 16.7 Å². The van der Waals surface area contributed by atoms with Crippen LogP contribution >= 0.6 is 12.2 Å². The second-order valence-electron chi connectivity index (χ2n) is 5.79. The lowest BCUT2D eigenvalue weighted by Crippen LogP contribution is -2.20. The zero-order valence-electron chi connectivity index (χ0n) is 14.0. The number of rotatable bonds is 4. The van der Waals surface area contributed by atoms with E-state index < -0.39 is 0 Å². The highest BCUT2D eigenvalue weighted by molar-refractivity contribution is 7.80. The Balaban J connectivity index is 1.61. The highest BCUT2D eigenvalue weighted by Gasteiger charge is 2.06. The van der Waals surface area contributed by atoms with Gasteiger partial charge in [-0.05, 0) is 55.4 Å². The van der Waals surface area contributed by atoms with Gasteiger partial charge in [-0.15, -0.1) is 5.10 Å². The summed E-state index contributed by atoms with van der Waals surface area (Å²) in [4.78, 5) is 4.17. The molecular weight excluding hydrogens is 337 g/mol. The molecule has 25 heavy (non-hydrogen) atoms. The minimum absolute atomic E-state index is 0.269. The van der Waals surface area contributed by atoms with Crippen molar-refractivity contribution >= 4 is 29.0 Å². The molecule has 0 amide bonds. The second kappa shape index (κ2) is 7.40. The Morgan fingerprint density at radius 3 is 2.76 bits per heavy atom. The van der Waals surface area contributed by atoms with Crippen LogP contribution in [0.25, 0.3) is 0 Å². The number of thiocarbonyl (C=S) groups is 1. The molecule has 0 bridgehead atoms. The predicted octanol–water partition coefficient (Wildman–Crippen LogP) is 3.89. The molecule has 0 fully saturated rings. The maximum atomic E-state index is 13.2. The van der Waals surface area contributed by atoms with Gasteiger partial charge in [-0.1, -0.05) is 29.8 Å². The van der Waals surface area contributed by atoms with Gasteiger partial charge in [-0.25, -0.2) is 14.1 Å². The first kappa shape index (κ1) is 17.0. The fourth-order valence-corrected chi connectivity index (χ4v) is 2.66. The average Bonchev–Trinajstić information content (AvgIpc) is 2.97. The van der Waals surface area contributed by atoms with Crippen molar-refractivity contribution in [3.8, 4) is 0 Å². The summed E-state index contributed by atoms with van der Waals surface area (Å²) in [6, 6.07) is 12.5. The van der Waals surface area contributed by atoms with Crippen molar-refractivity contribution in [2.45, 2.75) is 20.4 Å². The van der Waals surface area contributed by atoms with Crippen LogP contribution in [0.5, 0.6) is 0 Å². The van der Waals surface area contributed by atoms with E-state index in [1.165, 1.54) is 17.7 Å². The second-order valence-corrected chi connectivity index (χ2v) is 6.20. The van der Waals surface area contributed by atoms with E-state index in [0.29, 0.717) is 17.6 Å². The van der Waals surface area contributed by atoms with Crippen LogP contribution in [-0.4, -0.2) is 19.9 Å². The molecule has 2 aromatic carbocycles. The predicted molar refractivity (Wildman–Crippen MR) is 101 cm³/mol. The SMILES string of the molecule is Cc1ccc(NC(=S)Nc2ncn(Cc3cccc(F)c3)n2)c(C)c1. The summed E-state index contributed by atoms with van der Waals surface area (Å²) < 4.78 is 14.9. The fraction of sp³-hybridized carbons (Fsp3) is 0.167.